The second kappa shape index (κ2) is 10.1. The van der Waals surface area contributed by atoms with Crippen LogP contribution in [0.2, 0.25) is 0 Å². The molecule has 0 unspecified atom stereocenters. The molecule has 0 radical (unpaired) electrons. The Hall–Kier alpha value is -3.94. The van der Waals surface area contributed by atoms with Crippen molar-refractivity contribution in [1.29, 1.82) is 0 Å². The first kappa shape index (κ1) is 25.7. The number of rotatable bonds is 4. The number of nitrogens with zero attached hydrogens (tertiary/aromatic N) is 4. The Labute approximate surface area is 220 Å². The highest BCUT2D eigenvalue weighted by Crippen LogP contribution is 2.36. The summed E-state index contributed by atoms with van der Waals surface area (Å²) in [7, 11) is 0. The molecule has 3 heterocycles. The van der Waals surface area contributed by atoms with Crippen molar-refractivity contribution in [3.63, 3.8) is 0 Å². The van der Waals surface area contributed by atoms with Crippen LogP contribution in [-0.4, -0.2) is 28.0 Å². The van der Waals surface area contributed by atoms with Crippen molar-refractivity contribution in [2.24, 2.45) is 0 Å². The van der Waals surface area contributed by atoms with Gasteiger partial charge in [-0.1, -0.05) is 63.2 Å². The van der Waals surface area contributed by atoms with Crippen LogP contribution in [0.4, 0.5) is 30.5 Å². The van der Waals surface area contributed by atoms with Gasteiger partial charge in [-0.05, 0) is 41.7 Å². The fourth-order valence-corrected chi connectivity index (χ4v) is 4.69. The van der Waals surface area contributed by atoms with Crippen molar-refractivity contribution >= 4 is 17.3 Å². The summed E-state index contributed by atoms with van der Waals surface area (Å²) in [6.45, 7) is 7.26. The minimum atomic E-state index is -4.48. The number of nitrogens with one attached hydrogen (secondary N) is 1. The third-order valence-electron chi connectivity index (χ3n) is 6.78. The number of alkyl halides is 3. The van der Waals surface area contributed by atoms with Crippen LogP contribution in [0.5, 0.6) is 0 Å². The Balaban J connectivity index is 1.51. The smallest absolute Gasteiger partial charge is 0.355 e. The number of hydrogen-bond acceptors (Lipinski definition) is 5. The van der Waals surface area contributed by atoms with Crippen molar-refractivity contribution < 1.29 is 13.2 Å². The van der Waals surface area contributed by atoms with Crippen molar-refractivity contribution in [2.45, 2.75) is 45.2 Å². The normalized spacial score (nSPS) is 14.1. The molecule has 0 atom stereocenters. The van der Waals surface area contributed by atoms with Gasteiger partial charge in [-0.25, -0.2) is 15.0 Å². The van der Waals surface area contributed by atoms with Crippen molar-refractivity contribution in [3.8, 4) is 11.4 Å². The second-order valence-electron chi connectivity index (χ2n) is 10.5. The van der Waals surface area contributed by atoms with Crippen LogP contribution < -0.4 is 10.2 Å². The van der Waals surface area contributed by atoms with E-state index in [9.17, 15) is 13.2 Å². The maximum atomic E-state index is 13.7. The Bertz CT molecular complexity index is 1410. The average molecular weight is 518 g/mol. The van der Waals surface area contributed by atoms with Gasteiger partial charge in [0, 0.05) is 42.5 Å². The van der Waals surface area contributed by atoms with E-state index in [1.807, 2.05) is 42.5 Å². The molecule has 0 saturated heterocycles. The van der Waals surface area contributed by atoms with Crippen LogP contribution in [0, 0.1) is 0 Å². The SMILES string of the molecule is CC(C)(C)c1ccc(Nc2nc(-c3ccccc3)nc3c2CCN(c2ncccc2C(F)(F)F)CC3)cc1. The van der Waals surface area contributed by atoms with Gasteiger partial charge >= 0.3 is 6.18 Å². The lowest BCUT2D eigenvalue weighted by molar-refractivity contribution is -0.137. The van der Waals surface area contributed by atoms with Gasteiger partial charge in [-0.3, -0.25) is 0 Å². The van der Waals surface area contributed by atoms with Crippen molar-refractivity contribution in [3.05, 3.63) is 95.3 Å². The third kappa shape index (κ3) is 5.49. The molecular formula is C30H30F3N5. The predicted octanol–water partition coefficient (Wildman–Crippen LogP) is 7.20. The summed E-state index contributed by atoms with van der Waals surface area (Å²) in [5.74, 6) is 1.22. The number of benzene rings is 2. The number of aromatic nitrogens is 3. The van der Waals surface area contributed by atoms with Crippen LogP contribution in [0.15, 0.2) is 72.9 Å². The summed E-state index contributed by atoms with van der Waals surface area (Å²) >= 11 is 0. The molecule has 0 fully saturated rings. The molecule has 0 amide bonds. The Morgan fingerprint density at radius 2 is 1.53 bits per heavy atom. The molecule has 5 rings (SSSR count). The van der Waals surface area contributed by atoms with Crippen LogP contribution >= 0.6 is 0 Å². The summed E-state index contributed by atoms with van der Waals surface area (Å²) in [4.78, 5) is 15.6. The summed E-state index contributed by atoms with van der Waals surface area (Å²) < 4.78 is 41.2. The molecular weight excluding hydrogens is 487 g/mol. The monoisotopic (exact) mass is 517 g/mol. The first-order chi connectivity index (χ1) is 18.1. The van der Waals surface area contributed by atoms with Gasteiger partial charge in [-0.15, -0.1) is 0 Å². The number of halogens is 3. The summed E-state index contributed by atoms with van der Waals surface area (Å²) in [6, 6.07) is 20.4. The fraction of sp³-hybridized carbons (Fsp3) is 0.300. The number of hydrogen-bond donors (Lipinski definition) is 1. The molecule has 1 aliphatic rings. The lowest BCUT2D eigenvalue weighted by Crippen LogP contribution is -2.29. The quantitative estimate of drug-likeness (QED) is 0.310. The molecule has 8 heteroatoms. The van der Waals surface area contributed by atoms with Crippen LogP contribution in [-0.2, 0) is 24.4 Å². The molecule has 196 valence electrons. The topological polar surface area (TPSA) is 53.9 Å². The van der Waals surface area contributed by atoms with Gasteiger partial charge < -0.3 is 10.2 Å². The molecule has 2 aromatic carbocycles. The zero-order valence-electron chi connectivity index (χ0n) is 21.7. The molecule has 0 aliphatic carbocycles. The molecule has 0 saturated carbocycles. The van der Waals surface area contributed by atoms with E-state index in [4.69, 9.17) is 9.97 Å². The van der Waals surface area contributed by atoms with E-state index in [0.717, 1.165) is 28.6 Å². The van der Waals surface area contributed by atoms with E-state index in [1.165, 1.54) is 17.8 Å². The van der Waals surface area contributed by atoms with Gasteiger partial charge in [0.2, 0.25) is 0 Å². The maximum absolute atomic E-state index is 13.7. The molecule has 0 bridgehead atoms. The molecule has 38 heavy (non-hydrogen) atoms. The molecule has 2 aromatic heterocycles. The molecule has 1 aliphatic heterocycles. The van der Waals surface area contributed by atoms with Gasteiger partial charge in [0.25, 0.3) is 0 Å². The zero-order chi connectivity index (χ0) is 26.9. The Kier molecular flexibility index (Phi) is 6.82. The van der Waals surface area contributed by atoms with Gasteiger partial charge in [0.15, 0.2) is 5.82 Å². The van der Waals surface area contributed by atoms with Crippen LogP contribution in [0.3, 0.4) is 0 Å². The van der Waals surface area contributed by atoms with E-state index in [0.29, 0.717) is 37.6 Å². The van der Waals surface area contributed by atoms with Gasteiger partial charge in [-0.2, -0.15) is 13.2 Å². The molecule has 4 aromatic rings. The molecule has 5 nitrogen and oxygen atoms in total. The average Bonchev–Trinajstić information content (AvgIpc) is 3.11. The van der Waals surface area contributed by atoms with Gasteiger partial charge in [0.05, 0.1) is 11.3 Å². The lowest BCUT2D eigenvalue weighted by Gasteiger charge is -2.24. The highest BCUT2D eigenvalue weighted by atomic mass is 19.4. The van der Waals surface area contributed by atoms with Crippen molar-refractivity contribution in [2.75, 3.05) is 23.3 Å². The van der Waals surface area contributed by atoms with Crippen LogP contribution in [0.25, 0.3) is 11.4 Å². The molecule has 0 spiro atoms. The second-order valence-corrected chi connectivity index (χ2v) is 10.5. The van der Waals surface area contributed by atoms with E-state index < -0.39 is 11.7 Å². The lowest BCUT2D eigenvalue weighted by atomic mass is 9.87. The first-order valence-corrected chi connectivity index (χ1v) is 12.7. The van der Waals surface area contributed by atoms with Crippen molar-refractivity contribution in [1.82, 2.24) is 15.0 Å². The maximum Gasteiger partial charge on any atom is 0.419 e. The fourth-order valence-electron chi connectivity index (χ4n) is 4.69. The van der Waals surface area contributed by atoms with Crippen LogP contribution in [0.1, 0.15) is 43.2 Å². The molecule has 1 N–H and O–H groups in total. The van der Waals surface area contributed by atoms with E-state index >= 15 is 0 Å². The van der Waals surface area contributed by atoms with Gasteiger partial charge in [0.1, 0.15) is 11.6 Å². The summed E-state index contributed by atoms with van der Waals surface area (Å²) in [6.07, 6.45) is -2.11. The van der Waals surface area contributed by atoms with E-state index in [2.05, 4.69) is 43.2 Å². The van der Waals surface area contributed by atoms with E-state index in [-0.39, 0.29) is 11.2 Å². The number of fused-ring (bicyclic) bond motifs is 1. The third-order valence-corrected chi connectivity index (χ3v) is 6.78. The largest absolute Gasteiger partial charge is 0.419 e. The standard InChI is InChI=1S/C30H30F3N5/c1-29(2,3)21-11-13-22(14-12-21)35-27-23-15-18-38(28-24(30(31,32)33)10-7-17-34-28)19-16-25(23)36-26(37-27)20-8-5-4-6-9-20/h4-14,17H,15-16,18-19H2,1-3H3,(H,35,36,37). The highest BCUT2D eigenvalue weighted by molar-refractivity contribution is 5.66. The highest BCUT2D eigenvalue weighted by Gasteiger charge is 2.36. The Morgan fingerprint density at radius 1 is 0.816 bits per heavy atom. The summed E-state index contributed by atoms with van der Waals surface area (Å²) in [5, 5.41) is 3.47. The minimum Gasteiger partial charge on any atom is -0.355 e. The predicted molar refractivity (Wildman–Crippen MR) is 145 cm³/mol. The minimum absolute atomic E-state index is 0.0369. The number of anilines is 3. The summed E-state index contributed by atoms with van der Waals surface area (Å²) in [5.41, 5.74) is 4.06. The Morgan fingerprint density at radius 3 is 2.21 bits per heavy atom. The first-order valence-electron chi connectivity index (χ1n) is 12.7. The zero-order valence-corrected chi connectivity index (χ0v) is 21.7. The number of pyridine rings is 1. The van der Waals surface area contributed by atoms with E-state index in [1.54, 1.807) is 4.90 Å².